The number of hydrogen-bond donors (Lipinski definition) is 1. The van der Waals surface area contributed by atoms with Gasteiger partial charge in [0, 0.05) is 28.3 Å². The van der Waals surface area contributed by atoms with Crippen molar-refractivity contribution in [1.29, 1.82) is 5.41 Å². The number of nitrogens with zero attached hydrogens (tertiary/aromatic N) is 2. The summed E-state index contributed by atoms with van der Waals surface area (Å²) >= 11 is 0. The van der Waals surface area contributed by atoms with Crippen LogP contribution >= 0.6 is 0 Å². The Bertz CT molecular complexity index is 2650. The zero-order valence-corrected chi connectivity index (χ0v) is 30.3. The second-order valence-electron chi connectivity index (χ2n) is 16.2. The largest absolute Gasteiger partial charge is 0.282 e. The first-order chi connectivity index (χ1) is 26.6. The molecule has 0 unspecified atom stereocenters. The average molecular weight is 696 g/mol. The van der Waals surface area contributed by atoms with Gasteiger partial charge in [-0.2, -0.15) is 0 Å². The molecule has 5 aliphatic rings. The minimum Gasteiger partial charge on any atom is -0.282 e. The van der Waals surface area contributed by atoms with Gasteiger partial charge in [0.15, 0.2) is 11.7 Å². The molecule has 1 spiro atoms. The van der Waals surface area contributed by atoms with Gasteiger partial charge in [0.1, 0.15) is 0 Å². The Morgan fingerprint density at radius 1 is 0.556 bits per heavy atom. The van der Waals surface area contributed by atoms with Crippen molar-refractivity contribution in [2.75, 3.05) is 0 Å². The second kappa shape index (κ2) is 12.3. The fourth-order valence-corrected chi connectivity index (χ4v) is 11.4. The van der Waals surface area contributed by atoms with E-state index in [2.05, 4.69) is 133 Å². The lowest BCUT2D eigenvalue weighted by Crippen LogP contribution is -2.55. The van der Waals surface area contributed by atoms with E-state index in [0.717, 1.165) is 45.0 Å². The van der Waals surface area contributed by atoms with Crippen molar-refractivity contribution in [3.8, 4) is 22.3 Å². The Morgan fingerprint density at radius 3 is 2.04 bits per heavy atom. The van der Waals surface area contributed by atoms with Crippen molar-refractivity contribution in [3.05, 3.63) is 179 Å². The zero-order chi connectivity index (χ0) is 35.8. The summed E-state index contributed by atoms with van der Waals surface area (Å²) in [4.78, 5) is 10.3. The van der Waals surface area contributed by atoms with E-state index in [4.69, 9.17) is 9.98 Å². The molecular weight excluding hydrogens is 655 g/mol. The molecule has 0 radical (unpaired) electrons. The molecule has 4 bridgehead atoms. The van der Waals surface area contributed by atoms with Crippen LogP contribution in [0.1, 0.15) is 59.9 Å². The molecular formula is C51H41N3. The maximum atomic E-state index is 9.32. The van der Waals surface area contributed by atoms with E-state index in [-0.39, 0.29) is 11.3 Å². The maximum absolute atomic E-state index is 9.32. The number of fused-ring (bicyclic) bond motifs is 5. The normalized spacial score (nSPS) is 23.7. The standard InChI is InChI=1S/C51H41N3/c52-49(37-22-20-35(21-23-37)34-10-2-1-3-11-34)54-50(53-31-39-15-8-13-36-12-4-5-16-42(36)39)44-18-9-14-38-29-46-43-17-6-7-19-47(43)51(48(46)30-45(38)44)40-25-32-24-33(27-40)28-41(51)26-32/h1-23,29-33,40-41,52H,24-28H2. The lowest BCUT2D eigenvalue weighted by atomic mass is 9.43. The molecule has 0 saturated heterocycles. The third kappa shape index (κ3) is 4.84. The molecule has 1 N–H and O–H groups in total. The molecule has 7 aromatic rings. The summed E-state index contributed by atoms with van der Waals surface area (Å²) in [6.07, 6.45) is 8.78. The molecule has 5 aliphatic carbocycles. The number of aliphatic imine (C=N–C) groups is 2. The van der Waals surface area contributed by atoms with Crippen LogP contribution in [0.5, 0.6) is 0 Å². The molecule has 54 heavy (non-hydrogen) atoms. The van der Waals surface area contributed by atoms with Gasteiger partial charge < -0.3 is 0 Å². The van der Waals surface area contributed by atoms with Crippen molar-refractivity contribution < 1.29 is 0 Å². The Labute approximate surface area is 316 Å². The van der Waals surface area contributed by atoms with E-state index >= 15 is 0 Å². The molecule has 0 heterocycles. The van der Waals surface area contributed by atoms with Gasteiger partial charge in [0.25, 0.3) is 0 Å². The van der Waals surface area contributed by atoms with Gasteiger partial charge in [-0.3, -0.25) is 5.41 Å². The van der Waals surface area contributed by atoms with E-state index in [9.17, 15) is 5.41 Å². The predicted octanol–water partition coefficient (Wildman–Crippen LogP) is 12.3. The highest BCUT2D eigenvalue weighted by Crippen LogP contribution is 2.69. The number of amidine groups is 2. The minimum atomic E-state index is 0.0668. The molecule has 4 fully saturated rings. The number of benzene rings is 7. The molecule has 0 aromatic heterocycles. The van der Waals surface area contributed by atoms with Gasteiger partial charge in [-0.05, 0) is 123 Å². The lowest BCUT2D eigenvalue weighted by molar-refractivity contribution is -0.0399. The quantitative estimate of drug-likeness (QED) is 0.141. The van der Waals surface area contributed by atoms with Crippen LogP contribution in [0.4, 0.5) is 0 Å². The monoisotopic (exact) mass is 695 g/mol. The molecule has 3 nitrogen and oxygen atoms in total. The van der Waals surface area contributed by atoms with Crippen LogP contribution < -0.4 is 0 Å². The van der Waals surface area contributed by atoms with E-state index < -0.39 is 0 Å². The number of hydrogen-bond acceptors (Lipinski definition) is 1. The number of rotatable bonds is 4. The van der Waals surface area contributed by atoms with Gasteiger partial charge in [0.05, 0.1) is 0 Å². The smallest absolute Gasteiger partial charge is 0.162 e. The first-order valence-corrected chi connectivity index (χ1v) is 19.7. The first-order valence-electron chi connectivity index (χ1n) is 19.7. The highest BCUT2D eigenvalue weighted by atomic mass is 14.9. The molecule has 12 rings (SSSR count). The Hall–Kier alpha value is -5.93. The topological polar surface area (TPSA) is 48.6 Å². The van der Waals surface area contributed by atoms with Crippen LogP contribution in [-0.4, -0.2) is 17.9 Å². The molecule has 4 saturated carbocycles. The fraction of sp³-hybridized carbons (Fsp3) is 0.196. The van der Waals surface area contributed by atoms with Crippen LogP contribution in [0.3, 0.4) is 0 Å². The van der Waals surface area contributed by atoms with Gasteiger partial charge in [-0.15, -0.1) is 0 Å². The summed E-state index contributed by atoms with van der Waals surface area (Å²) in [6, 6.07) is 54.1. The third-order valence-electron chi connectivity index (χ3n) is 13.4. The summed E-state index contributed by atoms with van der Waals surface area (Å²) in [5.41, 5.74) is 11.0. The molecule has 260 valence electrons. The Balaban J connectivity index is 1.08. The molecule has 3 heteroatoms. The van der Waals surface area contributed by atoms with Crippen LogP contribution in [0.25, 0.3) is 43.8 Å². The van der Waals surface area contributed by atoms with E-state index in [0.29, 0.717) is 17.7 Å². The Morgan fingerprint density at radius 2 is 1.22 bits per heavy atom. The third-order valence-corrected chi connectivity index (χ3v) is 13.4. The van der Waals surface area contributed by atoms with Crippen molar-refractivity contribution in [1.82, 2.24) is 0 Å². The average Bonchev–Trinajstić information content (AvgIpc) is 3.50. The summed E-state index contributed by atoms with van der Waals surface area (Å²) in [5, 5.41) is 14.0. The molecule has 0 aliphatic heterocycles. The zero-order valence-electron chi connectivity index (χ0n) is 30.3. The maximum Gasteiger partial charge on any atom is 0.162 e. The van der Waals surface area contributed by atoms with E-state index in [1.807, 2.05) is 24.4 Å². The Kier molecular flexibility index (Phi) is 7.20. The van der Waals surface area contributed by atoms with Crippen molar-refractivity contribution >= 4 is 39.4 Å². The lowest BCUT2D eigenvalue weighted by Gasteiger charge is -2.61. The molecule has 7 aromatic carbocycles. The van der Waals surface area contributed by atoms with Gasteiger partial charge in [-0.1, -0.05) is 140 Å². The number of nitrogens with one attached hydrogen (secondary N) is 1. The summed E-state index contributed by atoms with van der Waals surface area (Å²) in [6.45, 7) is 0. The second-order valence-corrected chi connectivity index (χ2v) is 16.2. The molecule has 0 atom stereocenters. The van der Waals surface area contributed by atoms with Gasteiger partial charge in [0.2, 0.25) is 0 Å². The fourth-order valence-electron chi connectivity index (χ4n) is 11.4. The van der Waals surface area contributed by atoms with E-state index in [1.54, 1.807) is 5.56 Å². The molecule has 0 amide bonds. The van der Waals surface area contributed by atoms with Crippen LogP contribution in [-0.2, 0) is 5.41 Å². The van der Waals surface area contributed by atoms with Crippen molar-refractivity contribution in [2.45, 2.75) is 37.5 Å². The summed E-state index contributed by atoms with van der Waals surface area (Å²) in [7, 11) is 0. The predicted molar refractivity (Wildman–Crippen MR) is 224 cm³/mol. The SMILES string of the molecule is N=C(N=C(N=Cc1cccc2ccccc12)c1cccc2cc3c(cc12)C1(c2ccccc2-3)C2CC3CC(C2)CC1C3)c1ccc(-c2ccccc2)cc1. The highest BCUT2D eigenvalue weighted by Gasteiger charge is 2.61. The minimum absolute atomic E-state index is 0.0668. The first kappa shape index (κ1) is 31.6. The van der Waals surface area contributed by atoms with E-state index in [1.165, 1.54) is 65.0 Å². The van der Waals surface area contributed by atoms with Crippen LogP contribution in [0, 0.1) is 29.1 Å². The summed E-state index contributed by atoms with van der Waals surface area (Å²) < 4.78 is 0. The summed E-state index contributed by atoms with van der Waals surface area (Å²) in [5.74, 6) is 3.90. The van der Waals surface area contributed by atoms with Gasteiger partial charge >= 0.3 is 0 Å². The van der Waals surface area contributed by atoms with Crippen LogP contribution in [0.15, 0.2) is 162 Å². The van der Waals surface area contributed by atoms with Crippen molar-refractivity contribution in [2.24, 2.45) is 33.7 Å². The van der Waals surface area contributed by atoms with Crippen LogP contribution in [0.2, 0.25) is 0 Å². The van der Waals surface area contributed by atoms with Crippen molar-refractivity contribution in [3.63, 3.8) is 0 Å². The highest BCUT2D eigenvalue weighted by molar-refractivity contribution is 6.19. The van der Waals surface area contributed by atoms with Gasteiger partial charge in [-0.25, -0.2) is 9.98 Å².